The smallest absolute Gasteiger partial charge is 0.266 e. The number of rotatable bonds is 1. The number of aryl methyl sites for hydroxylation is 1. The van der Waals surface area contributed by atoms with Crippen molar-refractivity contribution in [1.29, 1.82) is 0 Å². The third-order valence-corrected chi connectivity index (χ3v) is 2.51. The summed E-state index contributed by atoms with van der Waals surface area (Å²) in [5, 5.41) is 10.7. The van der Waals surface area contributed by atoms with E-state index in [9.17, 15) is 4.79 Å². The molecule has 0 bridgehead atoms. The van der Waals surface area contributed by atoms with Crippen LogP contribution in [0.25, 0.3) is 11.3 Å². The highest BCUT2D eigenvalue weighted by molar-refractivity contribution is 5.48. The van der Waals surface area contributed by atoms with E-state index in [-0.39, 0.29) is 5.56 Å². The van der Waals surface area contributed by atoms with Crippen LogP contribution in [-0.4, -0.2) is 29.6 Å². The highest BCUT2D eigenvalue weighted by atomic mass is 16.1. The number of hydrogen-bond donors (Lipinski definition) is 0. The summed E-state index contributed by atoms with van der Waals surface area (Å²) in [7, 11) is 0. The summed E-state index contributed by atoms with van der Waals surface area (Å²) in [5.41, 5.74) is 1.69. The van der Waals surface area contributed by atoms with Gasteiger partial charge in [-0.25, -0.2) is 4.98 Å². The largest absolute Gasteiger partial charge is 0.283 e. The fraction of sp³-hybridized carbons (Fsp3) is 0.100. The Balaban J connectivity index is 2.38. The Morgan fingerprint density at radius 3 is 3.00 bits per heavy atom. The summed E-state index contributed by atoms with van der Waals surface area (Å²) < 4.78 is 2.77. The third kappa shape index (κ3) is 1.40. The van der Waals surface area contributed by atoms with Crippen LogP contribution in [0.5, 0.6) is 0 Å². The Hall–Kier alpha value is -2.57. The molecule has 3 heterocycles. The zero-order chi connectivity index (χ0) is 11.8. The maximum Gasteiger partial charge on any atom is 0.283 e. The molecule has 3 rings (SSSR count). The Morgan fingerprint density at radius 1 is 1.35 bits per heavy atom. The Bertz CT molecular complexity index is 730. The molecule has 0 N–H and O–H groups in total. The molecular weight excluding hydrogens is 220 g/mol. The van der Waals surface area contributed by atoms with Crippen LogP contribution in [0.15, 0.2) is 35.6 Å². The first-order valence-electron chi connectivity index (χ1n) is 4.98. The average Bonchev–Trinajstić information content (AvgIpc) is 2.84. The number of aromatic nitrogens is 6. The van der Waals surface area contributed by atoms with Gasteiger partial charge in [0, 0.05) is 6.20 Å². The quantitative estimate of drug-likeness (QED) is 0.584. The predicted molar refractivity (Wildman–Crippen MR) is 58.9 cm³/mol. The van der Waals surface area contributed by atoms with Gasteiger partial charge in [-0.15, -0.1) is 5.10 Å². The maximum absolute atomic E-state index is 12.2. The zero-order valence-electron chi connectivity index (χ0n) is 8.98. The number of fused-ring (bicyclic) bond motifs is 1. The summed E-state index contributed by atoms with van der Waals surface area (Å²) in [4.78, 5) is 16.4. The first-order valence-corrected chi connectivity index (χ1v) is 4.98. The van der Waals surface area contributed by atoms with Crippen LogP contribution >= 0.6 is 0 Å². The minimum Gasteiger partial charge on any atom is -0.266 e. The van der Waals surface area contributed by atoms with E-state index >= 15 is 0 Å². The molecule has 0 saturated heterocycles. The van der Waals surface area contributed by atoms with E-state index in [1.165, 1.54) is 21.6 Å². The second-order valence-corrected chi connectivity index (χ2v) is 3.59. The highest BCUT2D eigenvalue weighted by Crippen LogP contribution is 2.05. The van der Waals surface area contributed by atoms with Crippen molar-refractivity contribution in [2.24, 2.45) is 0 Å². The van der Waals surface area contributed by atoms with E-state index in [1.54, 1.807) is 12.3 Å². The fourth-order valence-electron chi connectivity index (χ4n) is 1.67. The maximum atomic E-state index is 12.2. The molecule has 3 aromatic heterocycles. The van der Waals surface area contributed by atoms with Crippen molar-refractivity contribution < 1.29 is 0 Å². The van der Waals surface area contributed by atoms with Crippen LogP contribution in [0.1, 0.15) is 5.56 Å². The van der Waals surface area contributed by atoms with E-state index in [1.807, 2.05) is 13.0 Å². The van der Waals surface area contributed by atoms with Crippen molar-refractivity contribution in [2.75, 3.05) is 0 Å². The molecule has 0 radical (unpaired) electrons. The van der Waals surface area contributed by atoms with Gasteiger partial charge in [0.25, 0.3) is 5.56 Å². The topological polar surface area (TPSA) is 78.0 Å². The molecule has 0 saturated carbocycles. The van der Waals surface area contributed by atoms with Gasteiger partial charge in [-0.05, 0) is 29.0 Å². The van der Waals surface area contributed by atoms with Crippen LogP contribution < -0.4 is 5.56 Å². The summed E-state index contributed by atoms with van der Waals surface area (Å²) in [6, 6.07) is 3.70. The molecule has 3 aromatic rings. The first-order chi connectivity index (χ1) is 8.27. The molecule has 0 aliphatic rings. The van der Waals surface area contributed by atoms with Crippen molar-refractivity contribution in [3.05, 3.63) is 46.8 Å². The summed E-state index contributed by atoms with van der Waals surface area (Å²) in [5.74, 6) is 0. The monoisotopic (exact) mass is 228 g/mol. The normalized spacial score (nSPS) is 10.9. The van der Waals surface area contributed by atoms with Crippen LogP contribution in [0, 0.1) is 6.92 Å². The average molecular weight is 228 g/mol. The number of hydrogen-bond acceptors (Lipinski definition) is 5. The summed E-state index contributed by atoms with van der Waals surface area (Å²) in [6.45, 7) is 1.90. The molecule has 0 aliphatic heterocycles. The molecule has 0 amide bonds. The van der Waals surface area contributed by atoms with Gasteiger partial charge < -0.3 is 0 Å². The second-order valence-electron chi connectivity index (χ2n) is 3.59. The standard InChI is InChI=1S/C10H8N6O/c1-7-3-2-4-15-9(7)11-5-8(10(15)17)16-6-12-13-14-16/h2-6H,1H3. The Labute approximate surface area is 95.3 Å². The predicted octanol–water partition coefficient (Wildman–Crippen LogP) is -0.0214. The Morgan fingerprint density at radius 2 is 2.24 bits per heavy atom. The molecular formula is C10H8N6O. The van der Waals surface area contributed by atoms with E-state index < -0.39 is 0 Å². The van der Waals surface area contributed by atoms with Gasteiger partial charge in [0.1, 0.15) is 12.0 Å². The molecule has 0 atom stereocenters. The molecule has 0 aromatic carbocycles. The molecule has 0 spiro atoms. The zero-order valence-corrected chi connectivity index (χ0v) is 8.98. The lowest BCUT2D eigenvalue weighted by Crippen LogP contribution is -2.21. The molecule has 0 unspecified atom stereocenters. The number of pyridine rings is 1. The van der Waals surface area contributed by atoms with Crippen molar-refractivity contribution in [3.63, 3.8) is 0 Å². The third-order valence-electron chi connectivity index (χ3n) is 2.51. The van der Waals surface area contributed by atoms with Crippen molar-refractivity contribution in [1.82, 2.24) is 29.6 Å². The van der Waals surface area contributed by atoms with Crippen molar-refractivity contribution in [2.45, 2.75) is 6.92 Å². The van der Waals surface area contributed by atoms with Gasteiger partial charge in [-0.3, -0.25) is 9.20 Å². The first kappa shape index (κ1) is 9.64. The lowest BCUT2D eigenvalue weighted by Gasteiger charge is -2.04. The molecule has 7 heteroatoms. The lowest BCUT2D eigenvalue weighted by atomic mass is 10.3. The molecule has 0 fully saturated rings. The highest BCUT2D eigenvalue weighted by Gasteiger charge is 2.08. The van der Waals surface area contributed by atoms with Gasteiger partial charge >= 0.3 is 0 Å². The van der Waals surface area contributed by atoms with E-state index in [0.29, 0.717) is 11.3 Å². The molecule has 0 aliphatic carbocycles. The van der Waals surface area contributed by atoms with Gasteiger partial charge in [0.05, 0.1) is 6.20 Å². The lowest BCUT2D eigenvalue weighted by molar-refractivity contribution is 0.772. The van der Waals surface area contributed by atoms with Gasteiger partial charge in [0.2, 0.25) is 0 Å². The van der Waals surface area contributed by atoms with Crippen molar-refractivity contribution >= 4 is 5.65 Å². The van der Waals surface area contributed by atoms with Crippen LogP contribution in [0.3, 0.4) is 0 Å². The van der Waals surface area contributed by atoms with Gasteiger partial charge in [-0.2, -0.15) is 4.68 Å². The van der Waals surface area contributed by atoms with E-state index in [0.717, 1.165) is 5.56 Å². The van der Waals surface area contributed by atoms with Crippen LogP contribution in [0.2, 0.25) is 0 Å². The molecule has 7 nitrogen and oxygen atoms in total. The van der Waals surface area contributed by atoms with Crippen LogP contribution in [-0.2, 0) is 0 Å². The molecule has 84 valence electrons. The summed E-state index contributed by atoms with van der Waals surface area (Å²) >= 11 is 0. The summed E-state index contributed by atoms with van der Waals surface area (Å²) in [6.07, 6.45) is 4.51. The van der Waals surface area contributed by atoms with E-state index in [2.05, 4.69) is 20.5 Å². The van der Waals surface area contributed by atoms with Gasteiger partial charge in [-0.1, -0.05) is 6.07 Å². The number of tetrazole rings is 1. The fourth-order valence-corrected chi connectivity index (χ4v) is 1.67. The molecule has 17 heavy (non-hydrogen) atoms. The SMILES string of the molecule is Cc1cccn2c(=O)c(-n3cnnn3)cnc12. The van der Waals surface area contributed by atoms with Crippen LogP contribution in [0.4, 0.5) is 0 Å². The minimum atomic E-state index is -0.203. The number of nitrogens with zero attached hydrogens (tertiary/aromatic N) is 6. The van der Waals surface area contributed by atoms with Crippen molar-refractivity contribution in [3.8, 4) is 5.69 Å². The second kappa shape index (κ2) is 3.48. The van der Waals surface area contributed by atoms with E-state index in [4.69, 9.17) is 0 Å². The van der Waals surface area contributed by atoms with Gasteiger partial charge in [0.15, 0.2) is 5.69 Å². The minimum absolute atomic E-state index is 0.203. The Kier molecular flexibility index (Phi) is 1.97.